The molecule has 8 nitrogen and oxygen atoms in total. The molecule has 0 heterocycles. The molecular formula is C31H46O8. The van der Waals surface area contributed by atoms with Gasteiger partial charge in [-0.1, -0.05) is 64.4 Å². The minimum absolute atomic E-state index is 0.0859. The summed E-state index contributed by atoms with van der Waals surface area (Å²) in [4.78, 5) is 23.3. The smallest absolute Gasteiger partial charge is 0.314 e. The molecule has 1 atom stereocenters. The summed E-state index contributed by atoms with van der Waals surface area (Å²) in [6, 6.07) is 13.5. The van der Waals surface area contributed by atoms with Crippen LogP contribution in [0.4, 0.5) is 0 Å². The first-order valence-electron chi connectivity index (χ1n) is 13.6. The molecule has 0 amide bonds. The van der Waals surface area contributed by atoms with Gasteiger partial charge in [0.1, 0.15) is 11.5 Å². The number of rotatable bonds is 16. The van der Waals surface area contributed by atoms with Gasteiger partial charge in [0.05, 0.1) is 38.8 Å². The van der Waals surface area contributed by atoms with Gasteiger partial charge in [-0.2, -0.15) is 0 Å². The largest absolute Gasteiger partial charge is 0.493 e. The van der Waals surface area contributed by atoms with Crippen LogP contribution in [0.2, 0.25) is 0 Å². The number of aryl methyl sites for hydroxylation is 1. The van der Waals surface area contributed by atoms with Crippen molar-refractivity contribution in [3.63, 3.8) is 0 Å². The molecule has 0 saturated heterocycles. The van der Waals surface area contributed by atoms with Crippen molar-refractivity contribution in [3.8, 4) is 11.5 Å². The van der Waals surface area contributed by atoms with Crippen LogP contribution in [0, 0.1) is 5.92 Å². The molecule has 2 aromatic rings. The van der Waals surface area contributed by atoms with Crippen molar-refractivity contribution in [2.24, 2.45) is 5.92 Å². The van der Waals surface area contributed by atoms with Crippen LogP contribution in [-0.2, 0) is 48.2 Å². The van der Waals surface area contributed by atoms with Gasteiger partial charge in [-0.3, -0.25) is 9.59 Å². The number of esters is 2. The van der Waals surface area contributed by atoms with E-state index in [0.717, 1.165) is 36.1 Å². The van der Waals surface area contributed by atoms with Crippen LogP contribution in [0.25, 0.3) is 0 Å². The van der Waals surface area contributed by atoms with Gasteiger partial charge in [0, 0.05) is 25.3 Å². The first-order valence-corrected chi connectivity index (χ1v) is 13.6. The molecule has 0 spiro atoms. The molecule has 2 aromatic carbocycles. The lowest BCUT2D eigenvalue weighted by Gasteiger charge is -2.15. The monoisotopic (exact) mass is 546 g/mol. The maximum atomic E-state index is 12.2. The Balaban J connectivity index is 0.000000495. The number of carbonyl (C=O) groups is 2. The Hall–Kier alpha value is -2.94. The standard InChI is InChI=1S/C21H26O5.C10H20O3/c1-4-16-8-10-19(11-9-16)25-13-12-20(22)26-21-17(14-23-2)6-5-7-18(21)15-24-3;1-5-6-7-12-9(4)13-10(11)8(2)3/h5-11H,4,12-15H2,1-3H3;8-9H,5-7H2,1-4H3. The molecule has 39 heavy (non-hydrogen) atoms. The predicted octanol–water partition coefficient (Wildman–Crippen LogP) is 6.26. The third-order valence-electron chi connectivity index (χ3n) is 5.50. The summed E-state index contributed by atoms with van der Waals surface area (Å²) in [6.45, 7) is 11.2. The van der Waals surface area contributed by atoms with Crippen molar-refractivity contribution in [1.82, 2.24) is 0 Å². The molecule has 0 aliphatic carbocycles. The minimum Gasteiger partial charge on any atom is -0.493 e. The molecule has 0 bridgehead atoms. The van der Waals surface area contributed by atoms with Crippen molar-refractivity contribution < 1.29 is 38.0 Å². The van der Waals surface area contributed by atoms with Gasteiger partial charge in [0.15, 0.2) is 6.29 Å². The van der Waals surface area contributed by atoms with Crippen molar-refractivity contribution in [3.05, 3.63) is 59.2 Å². The summed E-state index contributed by atoms with van der Waals surface area (Å²) < 4.78 is 31.8. The topological polar surface area (TPSA) is 89.5 Å². The molecule has 0 aliphatic rings. The molecule has 0 fully saturated rings. The fourth-order valence-electron chi connectivity index (χ4n) is 3.27. The number of hydrogen-bond acceptors (Lipinski definition) is 8. The normalized spacial score (nSPS) is 11.4. The van der Waals surface area contributed by atoms with Gasteiger partial charge < -0.3 is 28.4 Å². The summed E-state index contributed by atoms with van der Waals surface area (Å²) in [6.07, 6.45) is 2.82. The fourth-order valence-corrected chi connectivity index (χ4v) is 3.27. The Morgan fingerprint density at radius 3 is 1.97 bits per heavy atom. The summed E-state index contributed by atoms with van der Waals surface area (Å²) >= 11 is 0. The van der Waals surface area contributed by atoms with Gasteiger partial charge in [-0.25, -0.2) is 0 Å². The maximum absolute atomic E-state index is 12.2. The Morgan fingerprint density at radius 2 is 1.46 bits per heavy atom. The van der Waals surface area contributed by atoms with E-state index in [1.165, 1.54) is 5.56 Å². The average Bonchev–Trinajstić information content (AvgIpc) is 2.91. The first kappa shape index (κ1) is 34.1. The van der Waals surface area contributed by atoms with Crippen LogP contribution < -0.4 is 9.47 Å². The first-order chi connectivity index (χ1) is 18.7. The number of ether oxygens (including phenoxy) is 6. The van der Waals surface area contributed by atoms with E-state index in [4.69, 9.17) is 28.4 Å². The molecule has 0 aliphatic heterocycles. The van der Waals surface area contributed by atoms with Crippen molar-refractivity contribution >= 4 is 11.9 Å². The van der Waals surface area contributed by atoms with Gasteiger partial charge in [-0.05, 0) is 37.5 Å². The molecule has 1 unspecified atom stereocenters. The zero-order chi connectivity index (χ0) is 29.0. The van der Waals surface area contributed by atoms with Gasteiger partial charge >= 0.3 is 11.9 Å². The molecule has 0 N–H and O–H groups in total. The molecule has 0 radical (unpaired) electrons. The molecular weight excluding hydrogens is 500 g/mol. The van der Waals surface area contributed by atoms with Crippen LogP contribution >= 0.6 is 0 Å². The predicted molar refractivity (Wildman–Crippen MR) is 151 cm³/mol. The highest BCUT2D eigenvalue weighted by Gasteiger charge is 2.15. The van der Waals surface area contributed by atoms with Crippen molar-refractivity contribution in [2.75, 3.05) is 27.4 Å². The summed E-state index contributed by atoms with van der Waals surface area (Å²) in [7, 11) is 3.21. The van der Waals surface area contributed by atoms with Crippen LogP contribution in [0.5, 0.6) is 11.5 Å². The van der Waals surface area contributed by atoms with E-state index < -0.39 is 6.29 Å². The summed E-state index contributed by atoms with van der Waals surface area (Å²) in [5.41, 5.74) is 2.87. The second kappa shape index (κ2) is 20.0. The highest BCUT2D eigenvalue weighted by molar-refractivity contribution is 5.73. The van der Waals surface area contributed by atoms with Crippen LogP contribution in [0.15, 0.2) is 42.5 Å². The number of unbranched alkanes of at least 4 members (excludes halogenated alkanes) is 1. The number of methoxy groups -OCH3 is 2. The molecule has 8 heteroatoms. The maximum Gasteiger partial charge on any atom is 0.314 e. The lowest BCUT2D eigenvalue weighted by Crippen LogP contribution is -2.21. The molecule has 0 saturated carbocycles. The van der Waals surface area contributed by atoms with E-state index in [1.54, 1.807) is 35.0 Å². The summed E-state index contributed by atoms with van der Waals surface area (Å²) in [5.74, 6) is 0.612. The van der Waals surface area contributed by atoms with E-state index in [0.29, 0.717) is 25.6 Å². The Morgan fingerprint density at radius 1 is 0.846 bits per heavy atom. The van der Waals surface area contributed by atoms with E-state index in [9.17, 15) is 9.59 Å². The summed E-state index contributed by atoms with van der Waals surface area (Å²) in [5, 5.41) is 0. The SMILES string of the molecule is CCCCOC(C)OC(=O)C(C)C.CCc1ccc(OCCC(=O)Oc2c(COC)cccc2COC)cc1. The van der Waals surface area contributed by atoms with Crippen molar-refractivity contribution in [2.45, 2.75) is 79.8 Å². The van der Waals surface area contributed by atoms with Crippen LogP contribution in [0.3, 0.4) is 0 Å². The Labute approximate surface area is 233 Å². The second-order valence-electron chi connectivity index (χ2n) is 9.23. The quantitative estimate of drug-likeness (QED) is 0.105. The highest BCUT2D eigenvalue weighted by atomic mass is 16.7. The van der Waals surface area contributed by atoms with Crippen LogP contribution in [-0.4, -0.2) is 45.7 Å². The lowest BCUT2D eigenvalue weighted by atomic mass is 10.1. The van der Waals surface area contributed by atoms with E-state index in [1.807, 2.05) is 42.5 Å². The zero-order valence-corrected chi connectivity index (χ0v) is 24.6. The number of para-hydroxylation sites is 1. The van der Waals surface area contributed by atoms with Crippen molar-refractivity contribution in [1.29, 1.82) is 0 Å². The number of carbonyl (C=O) groups excluding carboxylic acids is 2. The van der Waals surface area contributed by atoms with Gasteiger partial charge in [-0.15, -0.1) is 0 Å². The van der Waals surface area contributed by atoms with Gasteiger partial charge in [0.2, 0.25) is 0 Å². The fraction of sp³-hybridized carbons (Fsp3) is 0.548. The zero-order valence-electron chi connectivity index (χ0n) is 24.6. The number of hydrogen-bond donors (Lipinski definition) is 0. The minimum atomic E-state index is -0.415. The second-order valence-corrected chi connectivity index (χ2v) is 9.23. The number of benzene rings is 2. The third-order valence-corrected chi connectivity index (χ3v) is 5.50. The third kappa shape index (κ3) is 14.1. The highest BCUT2D eigenvalue weighted by Crippen LogP contribution is 2.26. The van der Waals surface area contributed by atoms with E-state index >= 15 is 0 Å². The molecule has 218 valence electrons. The molecule has 2 rings (SSSR count). The lowest BCUT2D eigenvalue weighted by molar-refractivity contribution is -0.178. The Bertz CT molecular complexity index is 931. The van der Waals surface area contributed by atoms with E-state index in [-0.39, 0.29) is 30.9 Å². The average molecular weight is 547 g/mol. The van der Waals surface area contributed by atoms with E-state index in [2.05, 4.69) is 13.8 Å². The Kier molecular flexibility index (Phi) is 17.5. The van der Waals surface area contributed by atoms with Crippen LogP contribution in [0.1, 0.15) is 70.6 Å². The molecule has 0 aromatic heterocycles. The van der Waals surface area contributed by atoms with Gasteiger partial charge in [0.25, 0.3) is 0 Å².